The summed E-state index contributed by atoms with van der Waals surface area (Å²) in [6.07, 6.45) is 17.5. The molecule has 75 valence electrons. The van der Waals surface area contributed by atoms with Crippen LogP contribution in [0.3, 0.4) is 0 Å². The molecule has 0 aromatic rings. The van der Waals surface area contributed by atoms with Gasteiger partial charge in [-0.2, -0.15) is 0 Å². The van der Waals surface area contributed by atoms with Crippen molar-refractivity contribution in [3.8, 4) is 0 Å². The van der Waals surface area contributed by atoms with Crippen LogP contribution in [-0.4, -0.2) is 0 Å². The lowest BCUT2D eigenvalue weighted by Gasteiger charge is -2.28. The lowest BCUT2D eigenvalue weighted by Crippen LogP contribution is -2.14. The van der Waals surface area contributed by atoms with Gasteiger partial charge in [-0.25, -0.2) is 0 Å². The summed E-state index contributed by atoms with van der Waals surface area (Å²) in [5.41, 5.74) is 0. The first-order valence-corrected chi connectivity index (χ1v) is 6.27. The van der Waals surface area contributed by atoms with Gasteiger partial charge in [-0.1, -0.05) is 51.4 Å². The molecule has 0 nitrogen and oxygen atoms in total. The summed E-state index contributed by atoms with van der Waals surface area (Å²) in [6.45, 7) is 0. The van der Waals surface area contributed by atoms with Gasteiger partial charge in [0, 0.05) is 0 Å². The van der Waals surface area contributed by atoms with Crippen LogP contribution in [0.15, 0.2) is 0 Å². The van der Waals surface area contributed by atoms with Crippen molar-refractivity contribution in [2.45, 2.75) is 64.2 Å². The summed E-state index contributed by atoms with van der Waals surface area (Å²) in [4.78, 5) is 0. The normalized spacial score (nSPS) is 27.7. The summed E-state index contributed by atoms with van der Waals surface area (Å²) in [7, 11) is 0. The third-order valence-electron chi connectivity index (χ3n) is 3.91. The van der Waals surface area contributed by atoms with E-state index in [4.69, 9.17) is 0 Å². The van der Waals surface area contributed by atoms with Crippen LogP contribution in [0.1, 0.15) is 64.2 Å². The molecule has 0 aliphatic heterocycles. The monoisotopic (exact) mass is 179 g/mol. The van der Waals surface area contributed by atoms with Gasteiger partial charge in [0.25, 0.3) is 0 Å². The molecule has 2 fully saturated rings. The highest BCUT2D eigenvalue weighted by Gasteiger charge is 2.20. The maximum absolute atomic E-state index is 2.52. The molecule has 1 unspecified atom stereocenters. The fourth-order valence-corrected chi connectivity index (χ4v) is 3.13. The van der Waals surface area contributed by atoms with Crippen LogP contribution < -0.4 is 0 Å². The van der Waals surface area contributed by atoms with Crippen molar-refractivity contribution < 1.29 is 0 Å². The Morgan fingerprint density at radius 1 is 0.846 bits per heavy atom. The maximum atomic E-state index is 2.52. The van der Waals surface area contributed by atoms with Crippen LogP contribution in [0, 0.1) is 18.3 Å². The molecule has 1 atom stereocenters. The number of hydrogen-bond donors (Lipinski definition) is 0. The van der Waals surface area contributed by atoms with E-state index in [9.17, 15) is 0 Å². The number of rotatable bonds is 2. The molecule has 0 aromatic heterocycles. The van der Waals surface area contributed by atoms with Crippen molar-refractivity contribution in [1.29, 1.82) is 0 Å². The van der Waals surface area contributed by atoms with E-state index in [0.717, 1.165) is 11.8 Å². The van der Waals surface area contributed by atoms with Gasteiger partial charge >= 0.3 is 0 Å². The fourth-order valence-electron chi connectivity index (χ4n) is 3.13. The van der Waals surface area contributed by atoms with Crippen LogP contribution in [0.2, 0.25) is 0 Å². The minimum atomic E-state index is 1.07. The lowest BCUT2D eigenvalue weighted by molar-refractivity contribution is 0.262. The van der Waals surface area contributed by atoms with Gasteiger partial charge < -0.3 is 0 Å². The highest BCUT2D eigenvalue weighted by Crippen LogP contribution is 2.34. The molecule has 0 saturated heterocycles. The van der Waals surface area contributed by atoms with Gasteiger partial charge in [0.15, 0.2) is 0 Å². The molecule has 2 aliphatic rings. The van der Waals surface area contributed by atoms with Crippen molar-refractivity contribution >= 4 is 0 Å². The molecule has 2 aliphatic carbocycles. The summed E-state index contributed by atoms with van der Waals surface area (Å²) >= 11 is 0. The molecular weight excluding hydrogens is 156 g/mol. The van der Waals surface area contributed by atoms with Crippen molar-refractivity contribution in [2.24, 2.45) is 11.8 Å². The van der Waals surface area contributed by atoms with Gasteiger partial charge in [0.05, 0.1) is 0 Å². The second-order valence-corrected chi connectivity index (χ2v) is 5.06. The van der Waals surface area contributed by atoms with E-state index in [1.165, 1.54) is 57.8 Å². The quantitative estimate of drug-likeness (QED) is 0.591. The van der Waals surface area contributed by atoms with E-state index in [0.29, 0.717) is 0 Å². The fraction of sp³-hybridized carbons (Fsp3) is 0.923. The van der Waals surface area contributed by atoms with Gasteiger partial charge in [-0.3, -0.25) is 0 Å². The topological polar surface area (TPSA) is 0 Å². The Labute approximate surface area is 83.1 Å². The second kappa shape index (κ2) is 5.02. The summed E-state index contributed by atoms with van der Waals surface area (Å²) in [5, 5.41) is 0. The van der Waals surface area contributed by atoms with Crippen LogP contribution >= 0.6 is 0 Å². The Balaban J connectivity index is 1.69. The minimum Gasteiger partial charge on any atom is -0.0533 e. The van der Waals surface area contributed by atoms with Crippen molar-refractivity contribution in [3.63, 3.8) is 0 Å². The van der Waals surface area contributed by atoms with E-state index in [-0.39, 0.29) is 0 Å². The SMILES string of the molecule is [CH]1CCCC(CC2CCCCC2)C1. The maximum Gasteiger partial charge on any atom is -0.0383 e. The smallest absolute Gasteiger partial charge is 0.0383 e. The van der Waals surface area contributed by atoms with Crippen molar-refractivity contribution in [3.05, 3.63) is 6.42 Å². The molecule has 2 rings (SSSR count). The molecule has 0 bridgehead atoms. The van der Waals surface area contributed by atoms with Crippen LogP contribution in [0.5, 0.6) is 0 Å². The largest absolute Gasteiger partial charge is 0.0533 e. The standard InChI is InChI=1S/C13H23/c1-3-7-12(8-4-1)11-13-9-5-2-6-10-13/h3,12-13H,1-2,4-11H2. The average molecular weight is 179 g/mol. The average Bonchev–Trinajstić information content (AvgIpc) is 2.21. The molecule has 1 radical (unpaired) electrons. The van der Waals surface area contributed by atoms with E-state index in [1.807, 2.05) is 0 Å². The Hall–Kier alpha value is 0. The second-order valence-electron chi connectivity index (χ2n) is 5.06. The lowest BCUT2D eigenvalue weighted by atomic mass is 9.78. The summed E-state index contributed by atoms with van der Waals surface area (Å²) in [6, 6.07) is 0. The zero-order chi connectivity index (χ0) is 8.93. The molecule has 0 aromatic carbocycles. The zero-order valence-electron chi connectivity index (χ0n) is 8.80. The predicted molar refractivity (Wildman–Crippen MR) is 57.5 cm³/mol. The summed E-state index contributed by atoms with van der Waals surface area (Å²) in [5.74, 6) is 2.17. The Bertz CT molecular complexity index is 111. The first-order valence-electron chi connectivity index (χ1n) is 6.27. The third kappa shape index (κ3) is 3.00. The Morgan fingerprint density at radius 3 is 2.31 bits per heavy atom. The Kier molecular flexibility index (Phi) is 3.69. The van der Waals surface area contributed by atoms with Gasteiger partial charge in [-0.15, -0.1) is 0 Å². The Morgan fingerprint density at radius 2 is 1.62 bits per heavy atom. The molecule has 0 heterocycles. The molecule has 0 spiro atoms. The molecule has 0 amide bonds. The zero-order valence-corrected chi connectivity index (χ0v) is 8.80. The molecule has 2 saturated carbocycles. The first-order chi connectivity index (χ1) is 6.45. The molecule has 0 heteroatoms. The predicted octanol–water partition coefficient (Wildman–Crippen LogP) is 4.35. The molecule has 0 N–H and O–H groups in total. The van der Waals surface area contributed by atoms with Gasteiger partial charge in [0.2, 0.25) is 0 Å². The van der Waals surface area contributed by atoms with Crippen molar-refractivity contribution in [1.82, 2.24) is 0 Å². The minimum absolute atomic E-state index is 1.07. The van der Waals surface area contributed by atoms with E-state index in [2.05, 4.69) is 6.42 Å². The first kappa shape index (κ1) is 9.55. The molecule has 13 heavy (non-hydrogen) atoms. The van der Waals surface area contributed by atoms with E-state index in [1.54, 1.807) is 6.42 Å². The van der Waals surface area contributed by atoms with E-state index >= 15 is 0 Å². The highest BCUT2D eigenvalue weighted by molar-refractivity contribution is 4.80. The number of hydrogen-bond acceptors (Lipinski definition) is 0. The van der Waals surface area contributed by atoms with Crippen LogP contribution in [0.4, 0.5) is 0 Å². The van der Waals surface area contributed by atoms with Crippen LogP contribution in [-0.2, 0) is 0 Å². The third-order valence-corrected chi connectivity index (χ3v) is 3.91. The van der Waals surface area contributed by atoms with E-state index < -0.39 is 0 Å². The van der Waals surface area contributed by atoms with Gasteiger partial charge in [-0.05, 0) is 31.1 Å². The van der Waals surface area contributed by atoms with Crippen molar-refractivity contribution in [2.75, 3.05) is 0 Å². The molecular formula is C13H23. The summed E-state index contributed by atoms with van der Waals surface area (Å²) < 4.78 is 0. The highest BCUT2D eigenvalue weighted by atomic mass is 14.3. The van der Waals surface area contributed by atoms with Gasteiger partial charge in [0.1, 0.15) is 0 Å². The van der Waals surface area contributed by atoms with Crippen LogP contribution in [0.25, 0.3) is 0 Å².